The number of nitrogens with one attached hydrogen (secondary N) is 4. The number of likely N-dealkylation sites (tertiary alicyclic amines) is 2. The zero-order valence-electron chi connectivity index (χ0n) is 35.6. The van der Waals surface area contributed by atoms with Crippen LogP contribution >= 0.6 is 11.3 Å². The fourth-order valence-corrected chi connectivity index (χ4v) is 11.6. The van der Waals surface area contributed by atoms with Crippen molar-refractivity contribution in [3.05, 3.63) is 59.4 Å². The summed E-state index contributed by atoms with van der Waals surface area (Å²) >= 11 is 1.84. The minimum Gasteiger partial charge on any atom is -0.453 e. The molecule has 0 bridgehead atoms. The Labute approximate surface area is 355 Å². The zero-order chi connectivity index (χ0) is 42.3. The molecule has 4 atom stereocenters. The van der Waals surface area contributed by atoms with Gasteiger partial charge in [0.25, 0.3) is 0 Å². The van der Waals surface area contributed by atoms with Crippen molar-refractivity contribution in [3.8, 4) is 32.3 Å². The molecule has 60 heavy (non-hydrogen) atoms. The highest BCUT2D eigenvalue weighted by atomic mass is 32.1. The van der Waals surface area contributed by atoms with Gasteiger partial charge in [-0.1, -0.05) is 64.8 Å². The Morgan fingerprint density at radius 1 is 0.717 bits per heavy atom. The number of hydrogen-bond acceptors (Lipinski definition) is 9. The minimum absolute atomic E-state index is 0.104. The van der Waals surface area contributed by atoms with Crippen molar-refractivity contribution in [2.75, 3.05) is 27.3 Å². The van der Waals surface area contributed by atoms with E-state index >= 15 is 0 Å². The van der Waals surface area contributed by atoms with E-state index in [0.717, 1.165) is 67.1 Å². The highest BCUT2D eigenvalue weighted by Gasteiger charge is 2.46. The van der Waals surface area contributed by atoms with E-state index in [1.54, 1.807) is 0 Å². The first kappa shape index (κ1) is 41.5. The largest absolute Gasteiger partial charge is 0.453 e. The average molecular weight is 839 g/mol. The Bertz CT molecular complexity index is 2220. The van der Waals surface area contributed by atoms with E-state index in [4.69, 9.17) is 19.4 Å². The van der Waals surface area contributed by atoms with Gasteiger partial charge in [-0.2, -0.15) is 0 Å². The molecule has 14 nitrogen and oxygen atoms in total. The summed E-state index contributed by atoms with van der Waals surface area (Å²) in [5.41, 5.74) is 7.20. The molecule has 0 radical (unpaired) electrons. The van der Waals surface area contributed by atoms with Gasteiger partial charge in [0, 0.05) is 18.0 Å². The third-order valence-electron chi connectivity index (χ3n) is 13.3. The van der Waals surface area contributed by atoms with E-state index < -0.39 is 24.3 Å². The Morgan fingerprint density at radius 3 is 1.73 bits per heavy atom. The molecule has 4 unspecified atom stereocenters. The Hall–Kier alpha value is -5.18. The number of rotatable bonds is 11. The van der Waals surface area contributed by atoms with Gasteiger partial charge >= 0.3 is 12.2 Å². The lowest BCUT2D eigenvalue weighted by Gasteiger charge is -2.30. The standard InChI is InChI=1S/C45H58N8O6S/c1-25(2)35(50-43(56)58-5)41(54)52-21-9-11-32(52)39-46-23-30(48-39)27-13-15-28(16-14-27)37-34-29(17-20-45(34)18-7-8-19-45)38(60-37)31-24-47-40(49-31)33-12-10-22-53(33)42(55)36(26(3)4)51-44(57)59-6/h13-16,23-26,32-33,35-36H,7-12,17-22H2,1-6H3,(H,46,48)(H,47,49)(H,50,56)(H,51,57). The van der Waals surface area contributed by atoms with Crippen LogP contribution < -0.4 is 10.6 Å². The molecule has 4 aliphatic rings. The molecule has 4 amide bonds. The molecule has 1 spiro atoms. The van der Waals surface area contributed by atoms with Gasteiger partial charge in [-0.3, -0.25) is 9.59 Å². The quantitative estimate of drug-likeness (QED) is 0.117. The number of ether oxygens (including phenoxy) is 2. The van der Waals surface area contributed by atoms with Crippen LogP contribution in [0.5, 0.6) is 0 Å². The number of aromatic amines is 2. The van der Waals surface area contributed by atoms with Crippen molar-refractivity contribution in [1.82, 2.24) is 40.4 Å². The van der Waals surface area contributed by atoms with Crippen LogP contribution in [0.1, 0.15) is 120 Å². The zero-order valence-corrected chi connectivity index (χ0v) is 36.4. The maximum absolute atomic E-state index is 13.8. The molecule has 1 saturated carbocycles. The third kappa shape index (κ3) is 7.69. The van der Waals surface area contributed by atoms with Gasteiger partial charge in [-0.25, -0.2) is 19.6 Å². The number of imidazole rings is 2. The normalized spacial score (nSPS) is 20.5. The summed E-state index contributed by atoms with van der Waals surface area (Å²) in [6.07, 6.45) is 13.0. The van der Waals surface area contributed by atoms with Crippen LogP contribution in [0.3, 0.4) is 0 Å². The lowest BCUT2D eigenvalue weighted by atomic mass is 9.79. The van der Waals surface area contributed by atoms with Crippen molar-refractivity contribution < 1.29 is 28.7 Å². The summed E-state index contributed by atoms with van der Waals surface area (Å²) in [6, 6.07) is 6.97. The van der Waals surface area contributed by atoms with Gasteiger partial charge in [0.2, 0.25) is 11.8 Å². The number of alkyl carbamates (subject to hydrolysis) is 2. The van der Waals surface area contributed by atoms with Crippen LogP contribution in [0.25, 0.3) is 32.3 Å². The number of amides is 4. The van der Waals surface area contributed by atoms with E-state index in [9.17, 15) is 19.2 Å². The fraction of sp³-hybridized carbons (Fsp3) is 0.556. The molecule has 320 valence electrons. The smallest absolute Gasteiger partial charge is 0.407 e. The predicted octanol–water partition coefficient (Wildman–Crippen LogP) is 8.04. The van der Waals surface area contributed by atoms with Gasteiger partial charge in [0.05, 0.1) is 55.0 Å². The molecule has 5 heterocycles. The second-order valence-corrected chi connectivity index (χ2v) is 18.7. The number of carbonyl (C=O) groups excluding carboxylic acids is 4. The van der Waals surface area contributed by atoms with Crippen molar-refractivity contribution in [3.63, 3.8) is 0 Å². The van der Waals surface area contributed by atoms with Crippen molar-refractivity contribution in [2.24, 2.45) is 11.8 Å². The predicted molar refractivity (Wildman–Crippen MR) is 229 cm³/mol. The molecular weight excluding hydrogens is 781 g/mol. The minimum atomic E-state index is -0.688. The molecule has 4 aromatic rings. The van der Waals surface area contributed by atoms with Crippen LogP contribution in [-0.2, 0) is 30.9 Å². The fourth-order valence-electron chi connectivity index (χ4n) is 10.2. The second-order valence-electron chi connectivity index (χ2n) is 17.6. The van der Waals surface area contributed by atoms with Gasteiger partial charge < -0.3 is 39.9 Å². The molecule has 8 rings (SSSR count). The van der Waals surface area contributed by atoms with Gasteiger partial charge in [-0.15, -0.1) is 11.3 Å². The van der Waals surface area contributed by atoms with Crippen LogP contribution in [-0.4, -0.2) is 93.1 Å². The number of aromatic nitrogens is 4. The lowest BCUT2D eigenvalue weighted by Crippen LogP contribution is -2.51. The maximum Gasteiger partial charge on any atom is 0.407 e. The number of H-pyrrole nitrogens is 2. The third-order valence-corrected chi connectivity index (χ3v) is 14.6. The van der Waals surface area contributed by atoms with Crippen molar-refractivity contribution in [2.45, 2.75) is 121 Å². The van der Waals surface area contributed by atoms with E-state index in [-0.39, 0.29) is 41.1 Å². The monoisotopic (exact) mass is 838 g/mol. The summed E-state index contributed by atoms with van der Waals surface area (Å²) in [6.45, 7) is 8.89. The Kier molecular flexibility index (Phi) is 11.8. The van der Waals surface area contributed by atoms with E-state index in [2.05, 4.69) is 44.9 Å². The number of thiophene rings is 1. The summed E-state index contributed by atoms with van der Waals surface area (Å²) in [4.78, 5) is 74.8. The molecule has 2 saturated heterocycles. The van der Waals surface area contributed by atoms with E-state index in [0.29, 0.717) is 13.1 Å². The topological polar surface area (TPSA) is 175 Å². The van der Waals surface area contributed by atoms with E-state index in [1.165, 1.54) is 66.3 Å². The van der Waals surface area contributed by atoms with Gasteiger partial charge in [0.15, 0.2) is 0 Å². The summed E-state index contributed by atoms with van der Waals surface area (Å²) in [5.74, 6) is 1.06. The van der Waals surface area contributed by atoms with Gasteiger partial charge in [0.1, 0.15) is 23.7 Å². The highest BCUT2D eigenvalue weighted by Crippen LogP contribution is 2.58. The maximum atomic E-state index is 13.8. The number of carbonyl (C=O) groups is 4. The first-order valence-electron chi connectivity index (χ1n) is 21.6. The number of nitrogens with zero attached hydrogens (tertiary/aromatic N) is 4. The van der Waals surface area contributed by atoms with Crippen molar-refractivity contribution in [1.29, 1.82) is 0 Å². The van der Waals surface area contributed by atoms with E-state index in [1.807, 2.05) is 61.2 Å². The number of fused-ring (bicyclic) bond motifs is 2. The summed E-state index contributed by atoms with van der Waals surface area (Å²) < 4.78 is 9.62. The summed E-state index contributed by atoms with van der Waals surface area (Å²) in [5, 5.41) is 5.47. The molecule has 2 aliphatic carbocycles. The first-order valence-corrected chi connectivity index (χ1v) is 22.4. The van der Waals surface area contributed by atoms with Gasteiger partial charge in [-0.05, 0) is 90.9 Å². The van der Waals surface area contributed by atoms with Crippen LogP contribution in [0.15, 0.2) is 36.7 Å². The Balaban J connectivity index is 1.04. The van der Waals surface area contributed by atoms with Crippen LogP contribution in [0.4, 0.5) is 9.59 Å². The molecule has 1 aromatic carbocycles. The molecule has 3 aromatic heterocycles. The summed E-state index contributed by atoms with van der Waals surface area (Å²) in [7, 11) is 2.61. The van der Waals surface area contributed by atoms with Crippen molar-refractivity contribution >= 4 is 35.3 Å². The molecular formula is C45H58N8O6S. The molecule has 15 heteroatoms. The first-order chi connectivity index (χ1) is 28.9. The second kappa shape index (κ2) is 17.1. The molecule has 4 N–H and O–H groups in total. The number of methoxy groups -OCH3 is 2. The highest BCUT2D eigenvalue weighted by molar-refractivity contribution is 7.19. The van der Waals surface area contributed by atoms with Crippen LogP contribution in [0, 0.1) is 11.8 Å². The molecule has 3 fully saturated rings. The average Bonchev–Trinajstić information content (AvgIpc) is 4.10. The number of hydrogen-bond donors (Lipinski definition) is 4. The molecule has 2 aliphatic heterocycles. The van der Waals surface area contributed by atoms with Crippen LogP contribution in [0.2, 0.25) is 0 Å². The Morgan fingerprint density at radius 2 is 1.22 bits per heavy atom. The SMILES string of the molecule is COC(=O)NC(C(=O)N1CCCC1c1ncc(-c2ccc(-c3sc(-c4cnc(C5CCCN5C(=O)C(NC(=O)OC)C(C)C)[nH]4)c4c3C3(CCCC3)CC4)cc2)[nH]1)C(C)C. The number of benzene rings is 1. The lowest BCUT2D eigenvalue weighted by molar-refractivity contribution is -0.136.